The summed E-state index contributed by atoms with van der Waals surface area (Å²) in [6.45, 7) is 1.97. The fraction of sp³-hybridized carbons (Fsp3) is 0.143. The Morgan fingerprint density at radius 3 is 2.67 bits per heavy atom. The zero-order chi connectivity index (χ0) is 13.1. The highest BCUT2D eigenvalue weighted by Crippen LogP contribution is 2.32. The van der Waals surface area contributed by atoms with E-state index in [0.29, 0.717) is 16.5 Å². The molecule has 0 unspecified atom stereocenters. The van der Waals surface area contributed by atoms with Gasteiger partial charge < -0.3 is 9.84 Å². The Hall–Kier alpha value is -1.03. The number of ether oxygens (including phenoxy) is 1. The molecular formula is C14H12BrClO2. The molecule has 0 bridgehead atoms. The fourth-order valence-corrected chi connectivity index (χ4v) is 2.17. The van der Waals surface area contributed by atoms with Gasteiger partial charge in [0, 0.05) is 4.47 Å². The maximum absolute atomic E-state index is 9.09. The molecule has 4 heteroatoms. The molecule has 0 aliphatic rings. The lowest BCUT2D eigenvalue weighted by Crippen LogP contribution is -1.89. The normalized spacial score (nSPS) is 10.4. The van der Waals surface area contributed by atoms with E-state index in [9.17, 15) is 0 Å². The molecule has 0 fully saturated rings. The fourth-order valence-electron chi connectivity index (χ4n) is 1.54. The minimum absolute atomic E-state index is 0.00787. The zero-order valence-corrected chi connectivity index (χ0v) is 12.1. The molecule has 0 aliphatic carbocycles. The van der Waals surface area contributed by atoms with Gasteiger partial charge in [-0.2, -0.15) is 0 Å². The summed E-state index contributed by atoms with van der Waals surface area (Å²) in [5, 5.41) is 9.66. The van der Waals surface area contributed by atoms with Gasteiger partial charge in [-0.05, 0) is 42.3 Å². The van der Waals surface area contributed by atoms with Gasteiger partial charge in [-0.25, -0.2) is 0 Å². The summed E-state index contributed by atoms with van der Waals surface area (Å²) in [7, 11) is 0. The minimum atomic E-state index is -0.00787. The van der Waals surface area contributed by atoms with Crippen molar-refractivity contribution in [3.63, 3.8) is 0 Å². The molecule has 0 saturated heterocycles. The molecule has 2 aromatic carbocycles. The average Bonchev–Trinajstić information content (AvgIpc) is 2.34. The van der Waals surface area contributed by atoms with E-state index in [-0.39, 0.29) is 6.61 Å². The monoisotopic (exact) mass is 326 g/mol. The lowest BCUT2D eigenvalue weighted by molar-refractivity contribution is 0.281. The van der Waals surface area contributed by atoms with Crippen molar-refractivity contribution in [3.05, 3.63) is 57.0 Å². The predicted octanol–water partition coefficient (Wildman–Crippen LogP) is 4.70. The Kier molecular flexibility index (Phi) is 4.27. The Labute approximate surface area is 119 Å². The third-order valence-corrected chi connectivity index (χ3v) is 3.56. The van der Waals surface area contributed by atoms with E-state index in [2.05, 4.69) is 15.9 Å². The second kappa shape index (κ2) is 5.74. The van der Waals surface area contributed by atoms with Crippen LogP contribution in [-0.2, 0) is 6.61 Å². The molecule has 0 radical (unpaired) electrons. The van der Waals surface area contributed by atoms with Crippen LogP contribution >= 0.6 is 27.5 Å². The van der Waals surface area contributed by atoms with Crippen LogP contribution < -0.4 is 4.74 Å². The zero-order valence-electron chi connectivity index (χ0n) is 9.78. The standard InChI is InChI=1S/C14H12BrClO2/c1-9-2-5-13(16)14(6-9)18-11-4-3-10(8-17)12(15)7-11/h2-7,17H,8H2,1H3. The maximum atomic E-state index is 9.09. The molecule has 0 aliphatic heterocycles. The number of hydrogen-bond acceptors (Lipinski definition) is 2. The molecule has 1 N–H and O–H groups in total. The van der Waals surface area contributed by atoms with Crippen LogP contribution in [0, 0.1) is 6.92 Å². The van der Waals surface area contributed by atoms with Gasteiger partial charge in [-0.15, -0.1) is 0 Å². The first-order valence-corrected chi connectivity index (χ1v) is 6.60. The van der Waals surface area contributed by atoms with E-state index in [1.165, 1.54) is 0 Å². The number of aliphatic hydroxyl groups is 1. The minimum Gasteiger partial charge on any atom is -0.456 e. The molecule has 0 aromatic heterocycles. The van der Waals surface area contributed by atoms with Crippen LogP contribution in [0.4, 0.5) is 0 Å². The third-order valence-electron chi connectivity index (χ3n) is 2.51. The Bertz CT molecular complexity index is 570. The molecule has 0 saturated carbocycles. The van der Waals surface area contributed by atoms with E-state index in [0.717, 1.165) is 15.6 Å². The number of benzene rings is 2. The Balaban J connectivity index is 2.28. The van der Waals surface area contributed by atoms with Crippen molar-refractivity contribution in [2.24, 2.45) is 0 Å². The molecule has 0 amide bonds. The molecule has 2 nitrogen and oxygen atoms in total. The summed E-state index contributed by atoms with van der Waals surface area (Å²) in [4.78, 5) is 0. The van der Waals surface area contributed by atoms with Crippen molar-refractivity contribution in [1.82, 2.24) is 0 Å². The summed E-state index contributed by atoms with van der Waals surface area (Å²) in [6.07, 6.45) is 0. The van der Waals surface area contributed by atoms with Gasteiger partial charge in [-0.3, -0.25) is 0 Å². The van der Waals surface area contributed by atoms with Crippen LogP contribution in [0.5, 0.6) is 11.5 Å². The largest absolute Gasteiger partial charge is 0.456 e. The van der Waals surface area contributed by atoms with E-state index in [1.807, 2.05) is 37.3 Å². The van der Waals surface area contributed by atoms with Crippen molar-refractivity contribution in [1.29, 1.82) is 0 Å². The molecule has 0 atom stereocenters. The van der Waals surface area contributed by atoms with Crippen LogP contribution in [0.25, 0.3) is 0 Å². The van der Waals surface area contributed by atoms with E-state index in [4.69, 9.17) is 21.4 Å². The van der Waals surface area contributed by atoms with Gasteiger partial charge in [0.15, 0.2) is 0 Å². The number of aryl methyl sites for hydroxylation is 1. The van der Waals surface area contributed by atoms with E-state index < -0.39 is 0 Å². The molecule has 18 heavy (non-hydrogen) atoms. The summed E-state index contributed by atoms with van der Waals surface area (Å²) >= 11 is 9.45. The van der Waals surface area contributed by atoms with Crippen LogP contribution in [0.3, 0.4) is 0 Å². The lowest BCUT2D eigenvalue weighted by Gasteiger charge is -2.10. The number of hydrogen-bond donors (Lipinski definition) is 1. The Morgan fingerprint density at radius 1 is 1.22 bits per heavy atom. The van der Waals surface area contributed by atoms with Gasteiger partial charge in [0.2, 0.25) is 0 Å². The number of rotatable bonds is 3. The highest BCUT2D eigenvalue weighted by atomic mass is 79.9. The van der Waals surface area contributed by atoms with Crippen molar-refractivity contribution < 1.29 is 9.84 Å². The quantitative estimate of drug-likeness (QED) is 0.885. The molecule has 0 spiro atoms. The maximum Gasteiger partial charge on any atom is 0.146 e. The van der Waals surface area contributed by atoms with Gasteiger partial charge in [0.25, 0.3) is 0 Å². The number of halogens is 2. The highest BCUT2D eigenvalue weighted by molar-refractivity contribution is 9.10. The summed E-state index contributed by atoms with van der Waals surface area (Å²) < 4.78 is 6.54. The first-order valence-electron chi connectivity index (χ1n) is 5.43. The topological polar surface area (TPSA) is 29.5 Å². The SMILES string of the molecule is Cc1ccc(Cl)c(Oc2ccc(CO)c(Br)c2)c1. The van der Waals surface area contributed by atoms with Crippen LogP contribution in [0.15, 0.2) is 40.9 Å². The van der Waals surface area contributed by atoms with Crippen molar-refractivity contribution >= 4 is 27.5 Å². The van der Waals surface area contributed by atoms with Gasteiger partial charge >= 0.3 is 0 Å². The Morgan fingerprint density at radius 2 is 2.00 bits per heavy atom. The van der Waals surface area contributed by atoms with Crippen molar-refractivity contribution in [2.45, 2.75) is 13.5 Å². The van der Waals surface area contributed by atoms with Gasteiger partial charge in [-0.1, -0.05) is 39.7 Å². The molecule has 94 valence electrons. The molecular weight excluding hydrogens is 316 g/mol. The molecule has 2 rings (SSSR count). The number of aliphatic hydroxyl groups excluding tert-OH is 1. The lowest BCUT2D eigenvalue weighted by atomic mass is 10.2. The van der Waals surface area contributed by atoms with E-state index >= 15 is 0 Å². The summed E-state index contributed by atoms with van der Waals surface area (Å²) in [5.41, 5.74) is 1.90. The molecule has 0 heterocycles. The summed E-state index contributed by atoms with van der Waals surface area (Å²) in [5.74, 6) is 1.30. The third kappa shape index (κ3) is 3.05. The average molecular weight is 328 g/mol. The first-order chi connectivity index (χ1) is 8.60. The van der Waals surface area contributed by atoms with Crippen LogP contribution in [-0.4, -0.2) is 5.11 Å². The molecule has 2 aromatic rings. The van der Waals surface area contributed by atoms with Gasteiger partial charge in [0.05, 0.1) is 11.6 Å². The first kappa shape index (κ1) is 13.4. The summed E-state index contributed by atoms with van der Waals surface area (Å²) in [6, 6.07) is 11.0. The second-order valence-corrected chi connectivity index (χ2v) is 5.21. The smallest absolute Gasteiger partial charge is 0.146 e. The van der Waals surface area contributed by atoms with E-state index in [1.54, 1.807) is 6.07 Å². The van der Waals surface area contributed by atoms with Crippen LogP contribution in [0.1, 0.15) is 11.1 Å². The van der Waals surface area contributed by atoms with Crippen molar-refractivity contribution in [2.75, 3.05) is 0 Å². The van der Waals surface area contributed by atoms with Crippen LogP contribution in [0.2, 0.25) is 5.02 Å². The predicted molar refractivity (Wildman–Crippen MR) is 76.3 cm³/mol. The van der Waals surface area contributed by atoms with Gasteiger partial charge in [0.1, 0.15) is 11.5 Å². The highest BCUT2D eigenvalue weighted by Gasteiger charge is 2.06. The second-order valence-electron chi connectivity index (χ2n) is 3.95. The van der Waals surface area contributed by atoms with Crippen molar-refractivity contribution in [3.8, 4) is 11.5 Å².